The Kier molecular flexibility index (Phi) is 7.84. The van der Waals surface area contributed by atoms with Crippen LogP contribution in [0.2, 0.25) is 0 Å². The molecule has 0 bridgehead atoms. The standard InChI is InChI=1S/C26H31FN4O4/c1-16(15-28-20-10-8-19(27)9-11-20)29-24(32)22(13-17-5-3-2-4-6-17)31-26-30-21-12-7-18(25(33)34)14-23(21)35-26/h7-12,14,16-17,22,28H,2-6,13,15H2,1H3,(H,29,32)(H,30,31)(H,33,34)/t16-,22-/m0/s1. The van der Waals surface area contributed by atoms with Crippen LogP contribution in [0.5, 0.6) is 0 Å². The second-order valence-corrected chi connectivity index (χ2v) is 9.24. The molecule has 2 atom stereocenters. The highest BCUT2D eigenvalue weighted by Gasteiger charge is 2.27. The van der Waals surface area contributed by atoms with Gasteiger partial charge < -0.3 is 25.5 Å². The van der Waals surface area contributed by atoms with Crippen LogP contribution in [0.3, 0.4) is 0 Å². The second kappa shape index (κ2) is 11.2. The Morgan fingerprint density at radius 1 is 1.14 bits per heavy atom. The second-order valence-electron chi connectivity index (χ2n) is 9.24. The summed E-state index contributed by atoms with van der Waals surface area (Å²) >= 11 is 0. The maximum absolute atomic E-state index is 13.2. The fourth-order valence-corrected chi connectivity index (χ4v) is 4.49. The third kappa shape index (κ3) is 6.71. The summed E-state index contributed by atoms with van der Waals surface area (Å²) in [6.07, 6.45) is 6.38. The van der Waals surface area contributed by atoms with Gasteiger partial charge in [-0.2, -0.15) is 4.98 Å². The lowest BCUT2D eigenvalue weighted by Gasteiger charge is -2.27. The first-order valence-corrected chi connectivity index (χ1v) is 12.1. The number of anilines is 2. The molecule has 0 radical (unpaired) electrons. The van der Waals surface area contributed by atoms with E-state index in [0.717, 1.165) is 31.4 Å². The number of amides is 1. The molecule has 1 heterocycles. The van der Waals surface area contributed by atoms with E-state index in [1.54, 1.807) is 18.2 Å². The maximum Gasteiger partial charge on any atom is 0.335 e. The molecular formula is C26H31FN4O4. The number of oxazole rings is 1. The van der Waals surface area contributed by atoms with Crippen molar-refractivity contribution in [1.29, 1.82) is 0 Å². The minimum absolute atomic E-state index is 0.110. The molecule has 0 saturated heterocycles. The molecule has 1 saturated carbocycles. The number of nitrogens with zero attached hydrogens (tertiary/aromatic N) is 1. The highest BCUT2D eigenvalue weighted by Crippen LogP contribution is 2.29. The minimum atomic E-state index is -1.05. The molecule has 8 nitrogen and oxygen atoms in total. The highest BCUT2D eigenvalue weighted by molar-refractivity contribution is 5.92. The first-order valence-electron chi connectivity index (χ1n) is 12.1. The summed E-state index contributed by atoms with van der Waals surface area (Å²) in [5, 5.41) is 18.6. The van der Waals surface area contributed by atoms with E-state index >= 15 is 0 Å². The Morgan fingerprint density at radius 2 is 1.89 bits per heavy atom. The van der Waals surface area contributed by atoms with E-state index in [1.807, 2.05) is 6.92 Å². The average Bonchev–Trinajstić information content (AvgIpc) is 3.25. The van der Waals surface area contributed by atoms with Gasteiger partial charge in [0.25, 0.3) is 6.01 Å². The number of aromatic carboxylic acids is 1. The van der Waals surface area contributed by atoms with Crippen LogP contribution in [0.15, 0.2) is 46.9 Å². The number of carbonyl (C=O) groups excluding carboxylic acids is 1. The van der Waals surface area contributed by atoms with Crippen molar-refractivity contribution in [1.82, 2.24) is 10.3 Å². The Bertz CT molecular complexity index is 1160. The number of hydrogen-bond donors (Lipinski definition) is 4. The number of hydrogen-bond acceptors (Lipinski definition) is 6. The quantitative estimate of drug-likeness (QED) is 0.320. The fourth-order valence-electron chi connectivity index (χ4n) is 4.49. The summed E-state index contributed by atoms with van der Waals surface area (Å²) in [7, 11) is 0. The summed E-state index contributed by atoms with van der Waals surface area (Å²) in [6.45, 7) is 2.38. The molecule has 1 aromatic heterocycles. The first-order chi connectivity index (χ1) is 16.9. The van der Waals surface area contributed by atoms with E-state index in [0.29, 0.717) is 30.0 Å². The lowest BCUT2D eigenvalue weighted by Crippen LogP contribution is -2.46. The van der Waals surface area contributed by atoms with Crippen molar-refractivity contribution in [2.24, 2.45) is 5.92 Å². The van der Waals surface area contributed by atoms with Gasteiger partial charge in [-0.25, -0.2) is 9.18 Å². The number of carboxylic acids is 1. The predicted molar refractivity (Wildman–Crippen MR) is 132 cm³/mol. The summed E-state index contributed by atoms with van der Waals surface area (Å²) in [6, 6.07) is 10.0. The zero-order valence-corrected chi connectivity index (χ0v) is 19.7. The van der Waals surface area contributed by atoms with Gasteiger partial charge in [-0.05, 0) is 61.7 Å². The molecule has 1 aliphatic rings. The van der Waals surface area contributed by atoms with Gasteiger partial charge in [0.15, 0.2) is 5.58 Å². The largest absolute Gasteiger partial charge is 0.478 e. The van der Waals surface area contributed by atoms with Crippen molar-refractivity contribution in [2.75, 3.05) is 17.2 Å². The summed E-state index contributed by atoms with van der Waals surface area (Å²) in [4.78, 5) is 28.9. The number of rotatable bonds is 10. The molecule has 1 fully saturated rings. The Labute approximate surface area is 203 Å². The van der Waals surface area contributed by atoms with Gasteiger partial charge in [0.2, 0.25) is 5.91 Å². The van der Waals surface area contributed by atoms with Crippen LogP contribution in [0.1, 0.15) is 55.8 Å². The molecule has 1 aliphatic carbocycles. The maximum atomic E-state index is 13.2. The number of aromatic nitrogens is 1. The van der Waals surface area contributed by atoms with Crippen LogP contribution >= 0.6 is 0 Å². The average molecular weight is 483 g/mol. The van der Waals surface area contributed by atoms with Crippen molar-refractivity contribution < 1.29 is 23.5 Å². The van der Waals surface area contributed by atoms with Crippen LogP contribution in [0.25, 0.3) is 11.1 Å². The lowest BCUT2D eigenvalue weighted by molar-refractivity contribution is -0.122. The predicted octanol–water partition coefficient (Wildman–Crippen LogP) is 5.03. The van der Waals surface area contributed by atoms with Crippen LogP contribution in [0, 0.1) is 11.7 Å². The normalized spacial score (nSPS) is 15.9. The first kappa shape index (κ1) is 24.5. The Hall–Kier alpha value is -3.62. The molecule has 1 amide bonds. The van der Waals surface area contributed by atoms with Gasteiger partial charge in [0, 0.05) is 18.3 Å². The molecule has 4 N–H and O–H groups in total. The van der Waals surface area contributed by atoms with Crippen molar-refractivity contribution >= 4 is 34.7 Å². The molecule has 3 aromatic rings. The fraction of sp³-hybridized carbons (Fsp3) is 0.423. The van der Waals surface area contributed by atoms with Crippen LogP contribution in [-0.4, -0.2) is 40.6 Å². The van der Waals surface area contributed by atoms with Crippen LogP contribution in [0.4, 0.5) is 16.1 Å². The van der Waals surface area contributed by atoms with Gasteiger partial charge in [-0.1, -0.05) is 32.1 Å². The van der Waals surface area contributed by atoms with Crippen molar-refractivity contribution in [3.05, 3.63) is 53.8 Å². The summed E-state index contributed by atoms with van der Waals surface area (Å²) in [5.41, 5.74) is 1.75. The molecule has 4 rings (SSSR count). The Balaban J connectivity index is 1.43. The van der Waals surface area contributed by atoms with E-state index in [1.165, 1.54) is 30.7 Å². The SMILES string of the molecule is C[C@@H](CNc1ccc(F)cc1)NC(=O)[C@H](CC1CCCCC1)Nc1nc2ccc(C(=O)O)cc2o1. The van der Waals surface area contributed by atoms with Gasteiger partial charge in [0.1, 0.15) is 17.4 Å². The van der Waals surface area contributed by atoms with E-state index in [4.69, 9.17) is 4.42 Å². The third-order valence-electron chi connectivity index (χ3n) is 6.39. The van der Waals surface area contributed by atoms with Crippen LogP contribution < -0.4 is 16.0 Å². The van der Waals surface area contributed by atoms with E-state index in [9.17, 15) is 19.1 Å². The van der Waals surface area contributed by atoms with Gasteiger partial charge >= 0.3 is 5.97 Å². The molecule has 2 aromatic carbocycles. The molecule has 35 heavy (non-hydrogen) atoms. The molecule has 186 valence electrons. The van der Waals surface area contributed by atoms with E-state index in [2.05, 4.69) is 20.9 Å². The number of carboxylic acid groups (broad SMARTS) is 1. The van der Waals surface area contributed by atoms with Crippen molar-refractivity contribution in [3.8, 4) is 0 Å². The van der Waals surface area contributed by atoms with E-state index < -0.39 is 12.0 Å². The lowest BCUT2D eigenvalue weighted by atomic mass is 9.84. The topological polar surface area (TPSA) is 116 Å². The zero-order valence-electron chi connectivity index (χ0n) is 19.7. The third-order valence-corrected chi connectivity index (χ3v) is 6.39. The Morgan fingerprint density at radius 3 is 2.60 bits per heavy atom. The summed E-state index contributed by atoms with van der Waals surface area (Å²) < 4.78 is 18.9. The highest BCUT2D eigenvalue weighted by atomic mass is 19.1. The van der Waals surface area contributed by atoms with Crippen molar-refractivity contribution in [3.63, 3.8) is 0 Å². The number of benzene rings is 2. The monoisotopic (exact) mass is 482 g/mol. The number of halogens is 1. The molecule has 0 aliphatic heterocycles. The van der Waals surface area contributed by atoms with Gasteiger partial charge in [-0.3, -0.25) is 4.79 Å². The zero-order chi connectivity index (χ0) is 24.8. The van der Waals surface area contributed by atoms with Gasteiger partial charge in [-0.15, -0.1) is 0 Å². The van der Waals surface area contributed by atoms with Crippen molar-refractivity contribution in [2.45, 2.75) is 57.5 Å². The van der Waals surface area contributed by atoms with E-state index in [-0.39, 0.29) is 29.3 Å². The smallest absolute Gasteiger partial charge is 0.335 e. The van der Waals surface area contributed by atoms with Crippen LogP contribution in [-0.2, 0) is 4.79 Å². The minimum Gasteiger partial charge on any atom is -0.478 e. The number of carbonyl (C=O) groups is 2. The number of fused-ring (bicyclic) bond motifs is 1. The molecular weight excluding hydrogens is 451 g/mol. The molecule has 0 unspecified atom stereocenters. The van der Waals surface area contributed by atoms with Gasteiger partial charge in [0.05, 0.1) is 5.56 Å². The molecule has 9 heteroatoms. The molecule has 0 spiro atoms. The number of nitrogens with one attached hydrogen (secondary N) is 3. The summed E-state index contributed by atoms with van der Waals surface area (Å²) in [5.74, 6) is -1.07.